The molecule has 0 radical (unpaired) electrons. The van der Waals surface area contributed by atoms with Gasteiger partial charge in [0.05, 0.1) is 0 Å². The predicted octanol–water partition coefficient (Wildman–Crippen LogP) is 0.882. The number of urea groups is 1. The Hall–Kier alpha value is -2.52. The summed E-state index contributed by atoms with van der Waals surface area (Å²) in [5.74, 6) is 1.05. The van der Waals surface area contributed by atoms with Crippen molar-refractivity contribution in [1.82, 2.24) is 35.3 Å². The third kappa shape index (κ3) is 5.48. The summed E-state index contributed by atoms with van der Waals surface area (Å²) in [6.07, 6.45) is 0. The molecule has 1 aliphatic rings. The number of amides is 2. The first kappa shape index (κ1) is 19.2. The Bertz CT molecular complexity index is 753. The molecule has 0 spiro atoms. The number of rotatable bonds is 6. The maximum Gasteiger partial charge on any atom is 0.319 e. The van der Waals surface area contributed by atoms with Gasteiger partial charge >= 0.3 is 6.03 Å². The number of likely N-dealkylation sites (N-methyl/N-ethyl adjacent to an activating group) is 1. The highest BCUT2D eigenvalue weighted by atomic mass is 16.2. The third-order valence-corrected chi connectivity index (χ3v) is 4.78. The highest BCUT2D eigenvalue weighted by Gasteiger charge is 2.16. The molecule has 2 heterocycles. The summed E-state index contributed by atoms with van der Waals surface area (Å²) in [5, 5.41) is 17.3. The fourth-order valence-electron chi connectivity index (χ4n) is 3.19. The summed E-state index contributed by atoms with van der Waals surface area (Å²) >= 11 is 0. The Morgan fingerprint density at radius 1 is 1.22 bits per heavy atom. The van der Waals surface area contributed by atoms with E-state index in [1.807, 2.05) is 24.3 Å². The average molecular weight is 372 g/mol. The molecule has 1 fully saturated rings. The van der Waals surface area contributed by atoms with E-state index in [9.17, 15) is 4.79 Å². The van der Waals surface area contributed by atoms with Crippen LogP contribution in [0.4, 0.5) is 10.5 Å². The zero-order chi connectivity index (χ0) is 19.2. The zero-order valence-corrected chi connectivity index (χ0v) is 16.2. The van der Waals surface area contributed by atoms with Gasteiger partial charge in [0.1, 0.15) is 0 Å². The molecular formula is C18H28N8O. The van der Waals surface area contributed by atoms with Gasteiger partial charge in [0, 0.05) is 57.6 Å². The fourth-order valence-corrected chi connectivity index (χ4v) is 3.19. The number of piperazine rings is 1. The molecule has 2 aromatic rings. The number of aryl methyl sites for hydroxylation is 1. The highest BCUT2D eigenvalue weighted by Crippen LogP contribution is 2.19. The van der Waals surface area contributed by atoms with Gasteiger partial charge in [0.25, 0.3) is 0 Å². The third-order valence-electron chi connectivity index (χ3n) is 4.78. The second kappa shape index (κ2) is 8.92. The molecular weight excluding hydrogens is 344 g/mol. The Balaban J connectivity index is 1.46. The maximum atomic E-state index is 12.2. The Kier molecular flexibility index (Phi) is 6.36. The van der Waals surface area contributed by atoms with Gasteiger partial charge in [0.2, 0.25) is 0 Å². The number of carbonyl (C=O) groups is 1. The van der Waals surface area contributed by atoms with E-state index in [4.69, 9.17) is 0 Å². The molecule has 1 aliphatic heterocycles. The smallest absolute Gasteiger partial charge is 0.319 e. The van der Waals surface area contributed by atoms with Crippen LogP contribution in [0.1, 0.15) is 6.92 Å². The summed E-state index contributed by atoms with van der Waals surface area (Å²) < 4.78 is 1.60. The zero-order valence-electron chi connectivity index (χ0n) is 16.2. The minimum absolute atomic E-state index is 0.200. The van der Waals surface area contributed by atoms with E-state index in [2.05, 4.69) is 49.9 Å². The van der Waals surface area contributed by atoms with E-state index >= 15 is 0 Å². The number of tetrazole rings is 1. The normalized spacial score (nSPS) is 16.9. The van der Waals surface area contributed by atoms with E-state index in [1.54, 1.807) is 11.7 Å². The molecule has 2 amide bonds. The van der Waals surface area contributed by atoms with Gasteiger partial charge < -0.3 is 20.4 Å². The topological polar surface area (TPSA) is 91.2 Å². The van der Waals surface area contributed by atoms with Crippen LogP contribution in [0.2, 0.25) is 0 Å². The van der Waals surface area contributed by atoms with Crippen LogP contribution >= 0.6 is 0 Å². The van der Waals surface area contributed by atoms with Crippen LogP contribution in [0.3, 0.4) is 0 Å². The van der Waals surface area contributed by atoms with Crippen molar-refractivity contribution >= 4 is 11.7 Å². The van der Waals surface area contributed by atoms with Crippen molar-refractivity contribution in [2.75, 3.05) is 51.6 Å². The minimum atomic E-state index is -0.200. The van der Waals surface area contributed by atoms with Crippen LogP contribution < -0.4 is 10.6 Å². The second-order valence-corrected chi connectivity index (χ2v) is 7.25. The lowest BCUT2D eigenvalue weighted by Crippen LogP contribution is -2.47. The highest BCUT2D eigenvalue weighted by molar-refractivity contribution is 5.89. The van der Waals surface area contributed by atoms with Crippen molar-refractivity contribution < 1.29 is 4.79 Å². The Morgan fingerprint density at radius 2 is 2.00 bits per heavy atom. The molecule has 9 nitrogen and oxygen atoms in total. The molecule has 1 unspecified atom stereocenters. The molecule has 1 aromatic heterocycles. The number of benzene rings is 1. The van der Waals surface area contributed by atoms with E-state index in [1.165, 1.54) is 0 Å². The first-order valence-electron chi connectivity index (χ1n) is 9.30. The summed E-state index contributed by atoms with van der Waals surface area (Å²) in [6.45, 7) is 8.22. The van der Waals surface area contributed by atoms with E-state index < -0.39 is 0 Å². The SMILES string of the molecule is CC(CNC(=O)Nc1cccc(-c2nnnn2C)c1)CN1CCN(C)CC1. The molecule has 1 atom stereocenters. The first-order chi connectivity index (χ1) is 13.0. The van der Waals surface area contributed by atoms with E-state index in [0.29, 0.717) is 24.0 Å². The molecule has 0 bridgehead atoms. The number of hydrogen-bond donors (Lipinski definition) is 2. The van der Waals surface area contributed by atoms with Crippen LogP contribution in [0, 0.1) is 5.92 Å². The largest absolute Gasteiger partial charge is 0.338 e. The van der Waals surface area contributed by atoms with Crippen LogP contribution in [-0.2, 0) is 7.05 Å². The van der Waals surface area contributed by atoms with Crippen molar-refractivity contribution in [2.45, 2.75) is 6.92 Å². The molecule has 0 saturated carbocycles. The molecule has 0 aliphatic carbocycles. The van der Waals surface area contributed by atoms with Crippen molar-refractivity contribution in [1.29, 1.82) is 0 Å². The van der Waals surface area contributed by atoms with Gasteiger partial charge in [-0.3, -0.25) is 0 Å². The fraction of sp³-hybridized carbons (Fsp3) is 0.556. The van der Waals surface area contributed by atoms with Gasteiger partial charge in [-0.2, -0.15) is 0 Å². The van der Waals surface area contributed by atoms with Crippen molar-refractivity contribution in [2.24, 2.45) is 13.0 Å². The average Bonchev–Trinajstić information content (AvgIpc) is 3.08. The maximum absolute atomic E-state index is 12.2. The van der Waals surface area contributed by atoms with Gasteiger partial charge in [-0.25, -0.2) is 9.48 Å². The Morgan fingerprint density at radius 3 is 2.70 bits per heavy atom. The lowest BCUT2D eigenvalue weighted by Gasteiger charge is -2.33. The van der Waals surface area contributed by atoms with Gasteiger partial charge in [-0.05, 0) is 35.5 Å². The number of anilines is 1. The lowest BCUT2D eigenvalue weighted by atomic mass is 10.1. The Labute approximate surface area is 159 Å². The second-order valence-electron chi connectivity index (χ2n) is 7.25. The van der Waals surface area contributed by atoms with Crippen molar-refractivity contribution in [3.05, 3.63) is 24.3 Å². The lowest BCUT2D eigenvalue weighted by molar-refractivity contribution is 0.138. The number of nitrogens with one attached hydrogen (secondary N) is 2. The van der Waals surface area contributed by atoms with Gasteiger partial charge in [0.15, 0.2) is 5.82 Å². The quantitative estimate of drug-likeness (QED) is 0.782. The van der Waals surface area contributed by atoms with Crippen LogP contribution in [0.25, 0.3) is 11.4 Å². The number of hydrogen-bond acceptors (Lipinski definition) is 6. The summed E-state index contributed by atoms with van der Waals surface area (Å²) in [4.78, 5) is 17.0. The molecule has 146 valence electrons. The molecule has 1 saturated heterocycles. The molecule has 27 heavy (non-hydrogen) atoms. The number of aromatic nitrogens is 4. The predicted molar refractivity (Wildman–Crippen MR) is 104 cm³/mol. The van der Waals surface area contributed by atoms with E-state index in [0.717, 1.165) is 38.3 Å². The molecule has 1 aromatic carbocycles. The number of nitrogens with zero attached hydrogens (tertiary/aromatic N) is 6. The van der Waals surface area contributed by atoms with Crippen LogP contribution in [0.15, 0.2) is 24.3 Å². The van der Waals surface area contributed by atoms with Crippen molar-refractivity contribution in [3.63, 3.8) is 0 Å². The van der Waals surface area contributed by atoms with E-state index in [-0.39, 0.29) is 6.03 Å². The summed E-state index contributed by atoms with van der Waals surface area (Å²) in [7, 11) is 3.94. The molecule has 2 N–H and O–H groups in total. The van der Waals surface area contributed by atoms with Crippen LogP contribution in [-0.4, -0.2) is 82.4 Å². The minimum Gasteiger partial charge on any atom is -0.338 e. The standard InChI is InChI=1S/C18H28N8O/c1-14(13-26-9-7-24(2)8-10-26)12-19-18(27)20-16-6-4-5-15(11-16)17-21-22-23-25(17)3/h4-6,11,14H,7-10,12-13H2,1-3H3,(H2,19,20,27). The molecule has 9 heteroatoms. The van der Waals surface area contributed by atoms with Gasteiger partial charge in [-0.15, -0.1) is 5.10 Å². The van der Waals surface area contributed by atoms with Gasteiger partial charge in [-0.1, -0.05) is 19.1 Å². The summed E-state index contributed by atoms with van der Waals surface area (Å²) in [6, 6.07) is 7.29. The first-order valence-corrected chi connectivity index (χ1v) is 9.30. The summed E-state index contributed by atoms with van der Waals surface area (Å²) in [5.41, 5.74) is 1.56. The van der Waals surface area contributed by atoms with Crippen LogP contribution in [0.5, 0.6) is 0 Å². The number of carbonyl (C=O) groups excluding carboxylic acids is 1. The monoisotopic (exact) mass is 372 g/mol. The van der Waals surface area contributed by atoms with Crippen molar-refractivity contribution in [3.8, 4) is 11.4 Å². The molecule has 3 rings (SSSR count).